The minimum Gasteiger partial charge on any atom is -0.497 e. The minimum absolute atomic E-state index is 0.192. The molecule has 7 nitrogen and oxygen atoms in total. The summed E-state index contributed by atoms with van der Waals surface area (Å²) in [5.74, 6) is 0.209. The number of carboxylic acids is 1. The number of ether oxygens (including phenoxy) is 1. The molecule has 1 amide bonds. The maximum Gasteiger partial charge on any atom is 0.300 e. The van der Waals surface area contributed by atoms with Crippen LogP contribution in [0.4, 0.5) is 0 Å². The van der Waals surface area contributed by atoms with Gasteiger partial charge in [-0.3, -0.25) is 9.59 Å². The first-order valence-corrected chi connectivity index (χ1v) is 7.83. The van der Waals surface area contributed by atoms with Crippen molar-refractivity contribution in [2.24, 2.45) is 0 Å². The van der Waals surface area contributed by atoms with Crippen LogP contribution in [-0.4, -0.2) is 60.2 Å². The lowest BCUT2D eigenvalue weighted by atomic mass is 10.1. The molecule has 2 heterocycles. The summed E-state index contributed by atoms with van der Waals surface area (Å²) in [4.78, 5) is 25.9. The molecule has 0 saturated carbocycles. The first kappa shape index (κ1) is 17.8. The zero-order valence-corrected chi connectivity index (χ0v) is 14.0. The van der Waals surface area contributed by atoms with E-state index in [1.807, 2.05) is 23.2 Å². The van der Waals surface area contributed by atoms with Crippen molar-refractivity contribution >= 4 is 22.8 Å². The van der Waals surface area contributed by atoms with Crippen LogP contribution in [0.2, 0.25) is 0 Å². The van der Waals surface area contributed by atoms with Gasteiger partial charge in [-0.05, 0) is 24.1 Å². The molecule has 7 heteroatoms. The van der Waals surface area contributed by atoms with Gasteiger partial charge in [0.05, 0.1) is 13.7 Å². The summed E-state index contributed by atoms with van der Waals surface area (Å²) in [7, 11) is 1.67. The molecule has 3 N–H and O–H groups in total. The van der Waals surface area contributed by atoms with Gasteiger partial charge in [-0.25, -0.2) is 0 Å². The molecular formula is C17H23N3O4. The van der Waals surface area contributed by atoms with E-state index in [1.54, 1.807) is 7.11 Å². The Hall–Kier alpha value is -2.54. The van der Waals surface area contributed by atoms with Gasteiger partial charge in [-0.15, -0.1) is 0 Å². The lowest BCUT2D eigenvalue weighted by Crippen LogP contribution is -2.48. The molecule has 130 valence electrons. The zero-order valence-electron chi connectivity index (χ0n) is 14.0. The van der Waals surface area contributed by atoms with Crippen molar-refractivity contribution in [3.05, 3.63) is 30.0 Å². The molecule has 2 aromatic rings. The largest absolute Gasteiger partial charge is 0.497 e. The normalized spacial score (nSPS) is 14.2. The van der Waals surface area contributed by atoms with E-state index in [2.05, 4.69) is 16.4 Å². The van der Waals surface area contributed by atoms with Gasteiger partial charge in [-0.2, -0.15) is 0 Å². The number of hydrogen-bond acceptors (Lipinski definition) is 4. The fourth-order valence-electron chi connectivity index (χ4n) is 2.64. The number of aromatic amines is 1. The van der Waals surface area contributed by atoms with E-state index in [1.165, 1.54) is 10.9 Å². The molecule has 0 atom stereocenters. The van der Waals surface area contributed by atoms with E-state index in [0.717, 1.165) is 44.2 Å². The van der Waals surface area contributed by atoms with Crippen molar-refractivity contribution in [1.82, 2.24) is 15.2 Å². The topological polar surface area (TPSA) is 94.7 Å². The molecule has 1 saturated heterocycles. The van der Waals surface area contributed by atoms with Crippen molar-refractivity contribution < 1.29 is 19.4 Å². The Labute approximate surface area is 140 Å². The van der Waals surface area contributed by atoms with Crippen LogP contribution in [0, 0.1) is 0 Å². The second kappa shape index (κ2) is 8.35. The second-order valence-corrected chi connectivity index (χ2v) is 5.55. The van der Waals surface area contributed by atoms with Crippen molar-refractivity contribution in [2.45, 2.75) is 13.3 Å². The number of aliphatic carboxylic acids is 1. The van der Waals surface area contributed by atoms with Crippen molar-refractivity contribution in [3.8, 4) is 5.75 Å². The molecule has 24 heavy (non-hydrogen) atoms. The number of carbonyl (C=O) groups is 2. The average Bonchev–Trinajstić information content (AvgIpc) is 2.96. The number of methoxy groups -OCH3 is 1. The average molecular weight is 333 g/mol. The lowest BCUT2D eigenvalue weighted by Gasteiger charge is -2.27. The molecule has 0 radical (unpaired) electrons. The summed E-state index contributed by atoms with van der Waals surface area (Å²) in [5, 5.41) is 11.7. The highest BCUT2D eigenvalue weighted by molar-refractivity contribution is 5.84. The Balaban J connectivity index is 0.000000471. The highest BCUT2D eigenvalue weighted by atomic mass is 16.5. The van der Waals surface area contributed by atoms with Gasteiger partial charge < -0.3 is 25.0 Å². The van der Waals surface area contributed by atoms with E-state index in [0.29, 0.717) is 6.54 Å². The SMILES string of the molecule is CC(=O)O.COc1ccc2c(CCN3CCNCC3=O)c[nH]c2c1. The Bertz CT molecular complexity index is 707. The molecule has 1 fully saturated rings. The summed E-state index contributed by atoms with van der Waals surface area (Å²) in [6, 6.07) is 6.03. The van der Waals surface area contributed by atoms with Crippen LogP contribution in [0.25, 0.3) is 10.9 Å². The van der Waals surface area contributed by atoms with Crippen LogP contribution in [0.15, 0.2) is 24.4 Å². The van der Waals surface area contributed by atoms with E-state index >= 15 is 0 Å². The Morgan fingerprint density at radius 1 is 1.42 bits per heavy atom. The predicted octanol–water partition coefficient (Wildman–Crippen LogP) is 1.24. The van der Waals surface area contributed by atoms with Gasteiger partial charge in [0.1, 0.15) is 5.75 Å². The molecule has 1 aromatic heterocycles. The van der Waals surface area contributed by atoms with Crippen LogP contribution in [-0.2, 0) is 16.0 Å². The van der Waals surface area contributed by atoms with E-state index < -0.39 is 5.97 Å². The summed E-state index contributed by atoms with van der Waals surface area (Å²) in [6.07, 6.45) is 2.90. The zero-order chi connectivity index (χ0) is 17.5. The van der Waals surface area contributed by atoms with Crippen LogP contribution in [0.5, 0.6) is 5.75 Å². The molecule has 1 aliphatic rings. The fraction of sp³-hybridized carbons (Fsp3) is 0.412. The maximum atomic E-state index is 11.7. The third-order valence-electron chi connectivity index (χ3n) is 3.81. The quantitative estimate of drug-likeness (QED) is 0.782. The predicted molar refractivity (Wildman–Crippen MR) is 91.3 cm³/mol. The molecule has 1 aliphatic heterocycles. The summed E-state index contributed by atoms with van der Waals surface area (Å²) in [6.45, 7) is 4.01. The van der Waals surface area contributed by atoms with E-state index in [4.69, 9.17) is 14.6 Å². The lowest BCUT2D eigenvalue weighted by molar-refractivity contribution is -0.134. The van der Waals surface area contributed by atoms with Crippen molar-refractivity contribution in [2.75, 3.05) is 33.3 Å². The Kier molecular flexibility index (Phi) is 6.20. The molecule has 0 spiro atoms. The summed E-state index contributed by atoms with van der Waals surface area (Å²) in [5.41, 5.74) is 2.32. The van der Waals surface area contributed by atoms with Crippen molar-refractivity contribution in [1.29, 1.82) is 0 Å². The number of nitrogens with zero attached hydrogens (tertiary/aromatic N) is 1. The van der Waals surface area contributed by atoms with Gasteiger partial charge in [-0.1, -0.05) is 0 Å². The van der Waals surface area contributed by atoms with Gasteiger partial charge in [0.2, 0.25) is 5.91 Å². The first-order valence-electron chi connectivity index (χ1n) is 7.83. The number of piperazine rings is 1. The smallest absolute Gasteiger partial charge is 0.300 e. The van der Waals surface area contributed by atoms with E-state index in [-0.39, 0.29) is 5.91 Å². The number of rotatable bonds is 4. The first-order chi connectivity index (χ1) is 11.5. The number of aromatic nitrogens is 1. The van der Waals surface area contributed by atoms with Gasteiger partial charge >= 0.3 is 0 Å². The van der Waals surface area contributed by atoms with Gasteiger partial charge in [0.15, 0.2) is 0 Å². The minimum atomic E-state index is -0.833. The number of hydrogen-bond donors (Lipinski definition) is 3. The Morgan fingerprint density at radius 3 is 2.83 bits per heavy atom. The van der Waals surface area contributed by atoms with Crippen LogP contribution in [0.1, 0.15) is 12.5 Å². The number of nitrogens with one attached hydrogen (secondary N) is 2. The number of H-pyrrole nitrogens is 1. The van der Waals surface area contributed by atoms with Crippen LogP contribution < -0.4 is 10.1 Å². The third kappa shape index (κ3) is 4.73. The number of fused-ring (bicyclic) bond motifs is 1. The fourth-order valence-corrected chi connectivity index (χ4v) is 2.64. The highest BCUT2D eigenvalue weighted by Gasteiger charge is 2.17. The highest BCUT2D eigenvalue weighted by Crippen LogP contribution is 2.23. The van der Waals surface area contributed by atoms with Crippen LogP contribution in [0.3, 0.4) is 0 Å². The molecule has 3 rings (SSSR count). The number of amides is 1. The van der Waals surface area contributed by atoms with Gasteiger partial charge in [0, 0.05) is 49.7 Å². The number of carboxylic acid groups (broad SMARTS) is 1. The van der Waals surface area contributed by atoms with E-state index in [9.17, 15) is 4.79 Å². The summed E-state index contributed by atoms with van der Waals surface area (Å²) < 4.78 is 5.22. The number of carbonyl (C=O) groups excluding carboxylic acids is 1. The molecule has 1 aromatic carbocycles. The standard InChI is InChI=1S/C15H19N3O2.C2H4O2/c1-20-12-2-3-13-11(9-17-14(13)8-12)4-6-18-7-5-16-10-15(18)19;1-2(3)4/h2-3,8-9,16-17H,4-7,10H2,1H3;1H3,(H,3,4). The molecule has 0 aliphatic carbocycles. The second-order valence-electron chi connectivity index (χ2n) is 5.55. The third-order valence-corrected chi connectivity index (χ3v) is 3.81. The number of benzene rings is 1. The molecule has 0 unspecified atom stereocenters. The monoisotopic (exact) mass is 333 g/mol. The Morgan fingerprint density at radius 2 is 2.17 bits per heavy atom. The molecule has 0 bridgehead atoms. The van der Waals surface area contributed by atoms with Crippen LogP contribution >= 0.6 is 0 Å². The summed E-state index contributed by atoms with van der Waals surface area (Å²) >= 11 is 0. The van der Waals surface area contributed by atoms with Gasteiger partial charge in [0.25, 0.3) is 5.97 Å². The maximum absolute atomic E-state index is 11.7. The van der Waals surface area contributed by atoms with Crippen molar-refractivity contribution in [3.63, 3.8) is 0 Å². The molecular weight excluding hydrogens is 310 g/mol.